The minimum Gasteiger partial charge on any atom is -0.470 e. The lowest BCUT2D eigenvalue weighted by Crippen LogP contribution is -2.51. The first kappa shape index (κ1) is 18.6. The van der Waals surface area contributed by atoms with Crippen LogP contribution in [0, 0.1) is 11.3 Å². The van der Waals surface area contributed by atoms with Crippen molar-refractivity contribution in [1.82, 2.24) is 25.1 Å². The Bertz CT molecular complexity index is 777. The van der Waals surface area contributed by atoms with Gasteiger partial charge in [-0.1, -0.05) is 0 Å². The number of hydrogen-bond acceptors (Lipinski definition) is 7. The summed E-state index contributed by atoms with van der Waals surface area (Å²) >= 11 is 0. The molecule has 0 aromatic carbocycles. The molecule has 0 saturated carbocycles. The first-order valence-corrected chi connectivity index (χ1v) is 8.81. The molecule has 4 amide bonds. The molecule has 1 atom stereocenters. The fraction of sp³-hybridized carbons (Fsp3) is 0.529. The number of likely N-dealkylation sites (tertiary alicyclic amines) is 1. The first-order valence-electron chi connectivity index (χ1n) is 8.81. The van der Waals surface area contributed by atoms with E-state index >= 15 is 0 Å². The Morgan fingerprint density at radius 3 is 2.93 bits per heavy atom. The number of nitrogens with zero attached hydrogens (tertiary/aromatic N) is 5. The van der Waals surface area contributed by atoms with Crippen LogP contribution >= 0.6 is 0 Å². The summed E-state index contributed by atoms with van der Waals surface area (Å²) in [6.45, 7) is 1.61. The van der Waals surface area contributed by atoms with E-state index in [1.165, 1.54) is 17.3 Å². The van der Waals surface area contributed by atoms with Crippen LogP contribution in [0.3, 0.4) is 0 Å². The maximum Gasteiger partial charge on any atom is 0.324 e. The normalized spacial score (nSPS) is 20.0. The maximum absolute atomic E-state index is 12.5. The van der Waals surface area contributed by atoms with E-state index in [1.54, 1.807) is 4.90 Å². The molecule has 27 heavy (non-hydrogen) atoms. The number of aromatic nitrogens is 2. The number of ether oxygens (including phenoxy) is 1. The SMILES string of the molecule is N#Cc1nccnc1OC1CCCN(C(=O)CCN2CCC(=O)NC2=O)C1. The van der Waals surface area contributed by atoms with E-state index < -0.39 is 6.03 Å². The molecule has 1 unspecified atom stereocenters. The molecule has 1 N–H and O–H groups in total. The van der Waals surface area contributed by atoms with E-state index in [0.717, 1.165) is 12.8 Å². The van der Waals surface area contributed by atoms with Crippen molar-refractivity contribution < 1.29 is 19.1 Å². The Morgan fingerprint density at radius 1 is 1.33 bits per heavy atom. The third-order valence-corrected chi connectivity index (χ3v) is 4.52. The van der Waals surface area contributed by atoms with Crippen LogP contribution in [0.5, 0.6) is 5.88 Å². The summed E-state index contributed by atoms with van der Waals surface area (Å²) in [5.41, 5.74) is 0.117. The fourth-order valence-corrected chi connectivity index (χ4v) is 3.11. The zero-order valence-corrected chi connectivity index (χ0v) is 14.8. The average molecular weight is 372 g/mol. The molecule has 10 heteroatoms. The molecule has 1 aromatic heterocycles. The molecular formula is C17H20N6O4. The van der Waals surface area contributed by atoms with Gasteiger partial charge in [-0.2, -0.15) is 5.26 Å². The van der Waals surface area contributed by atoms with Gasteiger partial charge in [0.1, 0.15) is 12.2 Å². The number of rotatable bonds is 5. The molecule has 2 aliphatic heterocycles. The van der Waals surface area contributed by atoms with Crippen molar-refractivity contribution >= 4 is 17.8 Å². The number of imide groups is 1. The van der Waals surface area contributed by atoms with Gasteiger partial charge in [0.25, 0.3) is 5.88 Å². The van der Waals surface area contributed by atoms with Crippen molar-refractivity contribution in [2.24, 2.45) is 0 Å². The number of nitrogens with one attached hydrogen (secondary N) is 1. The summed E-state index contributed by atoms with van der Waals surface area (Å²) in [6, 6.07) is 1.48. The summed E-state index contributed by atoms with van der Waals surface area (Å²) in [5.74, 6) is -0.194. The van der Waals surface area contributed by atoms with Gasteiger partial charge in [-0.05, 0) is 12.8 Å². The van der Waals surface area contributed by atoms with Gasteiger partial charge >= 0.3 is 6.03 Å². The highest BCUT2D eigenvalue weighted by molar-refractivity contribution is 5.96. The van der Waals surface area contributed by atoms with E-state index in [0.29, 0.717) is 19.6 Å². The van der Waals surface area contributed by atoms with Crippen LogP contribution in [0.1, 0.15) is 31.4 Å². The minimum absolute atomic E-state index is 0.0762. The van der Waals surface area contributed by atoms with E-state index in [1.807, 2.05) is 6.07 Å². The lowest BCUT2D eigenvalue weighted by atomic mass is 10.1. The molecule has 2 fully saturated rings. The van der Waals surface area contributed by atoms with Crippen LogP contribution in [0.2, 0.25) is 0 Å². The molecule has 1 aromatic rings. The van der Waals surface area contributed by atoms with Gasteiger partial charge in [0.15, 0.2) is 0 Å². The van der Waals surface area contributed by atoms with Gasteiger partial charge in [-0.25, -0.2) is 14.8 Å². The predicted octanol–water partition coefficient (Wildman–Crippen LogP) is 0.0501. The molecule has 3 heterocycles. The lowest BCUT2D eigenvalue weighted by molar-refractivity contribution is -0.134. The highest BCUT2D eigenvalue weighted by atomic mass is 16.5. The smallest absolute Gasteiger partial charge is 0.324 e. The van der Waals surface area contributed by atoms with Gasteiger partial charge in [-0.3, -0.25) is 14.9 Å². The molecular weight excluding hydrogens is 352 g/mol. The van der Waals surface area contributed by atoms with Crippen molar-refractivity contribution in [3.05, 3.63) is 18.1 Å². The van der Waals surface area contributed by atoms with Crippen molar-refractivity contribution in [2.45, 2.75) is 31.8 Å². The van der Waals surface area contributed by atoms with Gasteiger partial charge in [-0.15, -0.1) is 0 Å². The topological polar surface area (TPSA) is 129 Å². The van der Waals surface area contributed by atoms with Crippen molar-refractivity contribution in [3.63, 3.8) is 0 Å². The van der Waals surface area contributed by atoms with E-state index in [4.69, 9.17) is 10.00 Å². The largest absolute Gasteiger partial charge is 0.470 e. The fourth-order valence-electron chi connectivity index (χ4n) is 3.11. The van der Waals surface area contributed by atoms with Crippen LogP contribution < -0.4 is 10.1 Å². The monoisotopic (exact) mass is 372 g/mol. The Hall–Kier alpha value is -3.22. The highest BCUT2D eigenvalue weighted by Crippen LogP contribution is 2.19. The Labute approximate surface area is 156 Å². The number of piperidine rings is 1. The quantitative estimate of drug-likeness (QED) is 0.773. The van der Waals surface area contributed by atoms with Crippen molar-refractivity contribution in [3.8, 4) is 11.9 Å². The number of nitriles is 1. The minimum atomic E-state index is -0.453. The molecule has 142 valence electrons. The average Bonchev–Trinajstić information content (AvgIpc) is 2.68. The Morgan fingerprint density at radius 2 is 2.15 bits per heavy atom. The molecule has 2 saturated heterocycles. The summed E-state index contributed by atoms with van der Waals surface area (Å²) in [5, 5.41) is 11.3. The van der Waals surface area contributed by atoms with Gasteiger partial charge in [0.2, 0.25) is 17.5 Å². The Kier molecular flexibility index (Phi) is 5.80. The van der Waals surface area contributed by atoms with Crippen LogP contribution in [-0.4, -0.2) is 69.9 Å². The zero-order chi connectivity index (χ0) is 19.2. The number of carbonyl (C=O) groups is 3. The summed E-state index contributed by atoms with van der Waals surface area (Å²) < 4.78 is 5.78. The molecule has 2 aliphatic rings. The van der Waals surface area contributed by atoms with Crippen molar-refractivity contribution in [2.75, 3.05) is 26.2 Å². The highest BCUT2D eigenvalue weighted by Gasteiger charge is 2.28. The van der Waals surface area contributed by atoms with Crippen molar-refractivity contribution in [1.29, 1.82) is 5.26 Å². The van der Waals surface area contributed by atoms with Crippen LogP contribution in [0.25, 0.3) is 0 Å². The summed E-state index contributed by atoms with van der Waals surface area (Å²) in [7, 11) is 0. The second kappa shape index (κ2) is 8.44. The first-order chi connectivity index (χ1) is 13.1. The molecule has 0 aliphatic carbocycles. The molecule has 10 nitrogen and oxygen atoms in total. The second-order valence-corrected chi connectivity index (χ2v) is 6.38. The predicted molar refractivity (Wildman–Crippen MR) is 91.3 cm³/mol. The van der Waals surface area contributed by atoms with Crippen LogP contribution in [0.4, 0.5) is 4.79 Å². The van der Waals surface area contributed by atoms with Gasteiger partial charge in [0.05, 0.1) is 6.54 Å². The molecule has 0 radical (unpaired) electrons. The van der Waals surface area contributed by atoms with Crippen LogP contribution in [-0.2, 0) is 9.59 Å². The van der Waals surface area contributed by atoms with E-state index in [2.05, 4.69) is 15.3 Å². The van der Waals surface area contributed by atoms with Gasteiger partial charge < -0.3 is 14.5 Å². The molecule has 3 rings (SSSR count). The second-order valence-electron chi connectivity index (χ2n) is 6.38. The van der Waals surface area contributed by atoms with Gasteiger partial charge in [0, 0.05) is 44.9 Å². The van der Waals surface area contributed by atoms with E-state index in [9.17, 15) is 14.4 Å². The molecule has 0 bridgehead atoms. The third kappa shape index (κ3) is 4.69. The summed E-state index contributed by atoms with van der Waals surface area (Å²) in [4.78, 5) is 46.5. The number of urea groups is 1. The lowest BCUT2D eigenvalue weighted by Gasteiger charge is -2.33. The Balaban J connectivity index is 1.51. The standard InChI is InChI=1S/C17H20N6O4/c18-10-13-16(20-6-5-19-13)27-12-2-1-7-23(11-12)15(25)4-9-22-8-3-14(24)21-17(22)26/h5-6,12H,1-4,7-9,11H2,(H,21,24,26). The number of carbonyl (C=O) groups excluding carboxylic acids is 3. The maximum atomic E-state index is 12.5. The zero-order valence-electron chi connectivity index (χ0n) is 14.8. The summed E-state index contributed by atoms with van der Waals surface area (Å²) in [6.07, 6.45) is 4.58. The third-order valence-electron chi connectivity index (χ3n) is 4.52. The number of amides is 4. The molecule has 0 spiro atoms. The van der Waals surface area contributed by atoms with E-state index in [-0.39, 0.29) is 48.9 Å². The van der Waals surface area contributed by atoms with Crippen LogP contribution in [0.15, 0.2) is 12.4 Å². The number of hydrogen-bond donors (Lipinski definition) is 1.